The minimum absolute atomic E-state index is 0.0795. The molecule has 0 saturated heterocycles. The number of pyridine rings is 1. The molecule has 0 fully saturated rings. The number of amides is 1. The van der Waals surface area contributed by atoms with Gasteiger partial charge in [-0.1, -0.05) is 6.07 Å². The quantitative estimate of drug-likeness (QED) is 0.548. The highest BCUT2D eigenvalue weighted by molar-refractivity contribution is 7.91. The predicted molar refractivity (Wildman–Crippen MR) is 121 cm³/mol. The number of hydrogen-bond acceptors (Lipinski definition) is 5. The summed E-state index contributed by atoms with van der Waals surface area (Å²) >= 11 is 0. The Morgan fingerprint density at radius 2 is 1.71 bits per heavy atom. The lowest BCUT2D eigenvalue weighted by Gasteiger charge is -2.27. The number of halogens is 2. The Balaban J connectivity index is 0.000000302. The highest BCUT2D eigenvalue weighted by Crippen LogP contribution is 2.33. The van der Waals surface area contributed by atoms with Gasteiger partial charge in [-0.05, 0) is 54.1 Å². The van der Waals surface area contributed by atoms with E-state index in [4.69, 9.17) is 10.8 Å². The molecular weight excluding hydrogens is 468 g/mol. The number of ketones is 1. The normalized spacial score (nSPS) is 15.9. The van der Waals surface area contributed by atoms with Gasteiger partial charge in [-0.3, -0.25) is 18.9 Å². The van der Waals surface area contributed by atoms with Crippen LogP contribution < -0.4 is 10.0 Å². The fraction of sp³-hybridized carbons (Fsp3) is 0.0435. The van der Waals surface area contributed by atoms with E-state index in [9.17, 15) is 27.4 Å². The van der Waals surface area contributed by atoms with E-state index in [-0.39, 0.29) is 21.6 Å². The van der Waals surface area contributed by atoms with Crippen molar-refractivity contribution in [2.45, 2.75) is 0 Å². The van der Waals surface area contributed by atoms with Gasteiger partial charge in [0.1, 0.15) is 4.91 Å². The predicted octanol–water partition coefficient (Wildman–Crippen LogP) is 3.18. The molecule has 4 rings (SSSR count). The molecule has 1 atom stereocenters. The van der Waals surface area contributed by atoms with Crippen molar-refractivity contribution in [1.29, 1.82) is 0 Å². The minimum atomic E-state index is -1.86. The third-order valence-electron chi connectivity index (χ3n) is 4.69. The fourth-order valence-electron chi connectivity index (χ4n) is 2.96. The molecule has 34 heavy (non-hydrogen) atoms. The number of carboxylic acids is 1. The number of primary amides is 1. The van der Waals surface area contributed by atoms with Crippen LogP contribution in [0.4, 0.5) is 14.5 Å². The van der Waals surface area contributed by atoms with E-state index in [1.54, 1.807) is 12.1 Å². The molecule has 0 radical (unpaired) electrons. The van der Waals surface area contributed by atoms with E-state index in [0.717, 1.165) is 12.1 Å². The van der Waals surface area contributed by atoms with Gasteiger partial charge in [0.15, 0.2) is 22.6 Å². The monoisotopic (exact) mass is 485 g/mol. The van der Waals surface area contributed by atoms with Crippen molar-refractivity contribution in [3.63, 3.8) is 0 Å². The zero-order valence-electron chi connectivity index (χ0n) is 17.6. The molecule has 1 amide bonds. The number of Topliss-reactive ketones (excluding diaryl/α,β-unsaturated/α-hetero) is 1. The van der Waals surface area contributed by atoms with Gasteiger partial charge < -0.3 is 10.8 Å². The molecule has 2 heterocycles. The fourth-order valence-corrected chi connectivity index (χ4v) is 4.10. The number of nitrogens with zero attached hydrogens (tertiary/aromatic N) is 2. The largest absolute Gasteiger partial charge is 0.478 e. The van der Waals surface area contributed by atoms with Crippen LogP contribution in [0.1, 0.15) is 36.6 Å². The number of rotatable bonds is 3. The molecular formula is C23H17F2N3O5S. The van der Waals surface area contributed by atoms with Gasteiger partial charge in [0.05, 0.1) is 11.3 Å². The standard InChI is InChI=1S/C17H11F2NO4S.C6H6N2O/c1-20-14-5-3-10(17(22)23)8-11(14)16(21)15(25(20)24)7-9-2-4-12(18)13(19)6-9;7-6(9)5-1-3-8-4-2-5/h2-8H,1H3,(H,22,23);1-4H,(H2,7,9)/b15-7-;. The Morgan fingerprint density at radius 3 is 2.26 bits per heavy atom. The summed E-state index contributed by atoms with van der Waals surface area (Å²) in [6.07, 6.45) is 4.26. The lowest BCUT2D eigenvalue weighted by atomic mass is 10.0. The molecule has 1 aromatic heterocycles. The third kappa shape index (κ3) is 5.21. The summed E-state index contributed by atoms with van der Waals surface area (Å²) in [6.45, 7) is 0. The van der Waals surface area contributed by atoms with Crippen molar-refractivity contribution >= 4 is 40.4 Å². The number of aromatic nitrogens is 1. The number of allylic oxidation sites excluding steroid dienone is 1. The van der Waals surface area contributed by atoms with Crippen molar-refractivity contribution < 1.29 is 32.5 Å². The van der Waals surface area contributed by atoms with Crippen LogP contribution in [0, 0.1) is 11.6 Å². The van der Waals surface area contributed by atoms with Crippen molar-refractivity contribution in [2.24, 2.45) is 5.73 Å². The summed E-state index contributed by atoms with van der Waals surface area (Å²) in [5, 5.41) is 9.07. The summed E-state index contributed by atoms with van der Waals surface area (Å²) in [4.78, 5) is 37.7. The zero-order valence-corrected chi connectivity index (χ0v) is 18.4. The highest BCUT2D eigenvalue weighted by atomic mass is 32.2. The van der Waals surface area contributed by atoms with Gasteiger partial charge in [-0.2, -0.15) is 0 Å². The van der Waals surface area contributed by atoms with Gasteiger partial charge in [-0.15, -0.1) is 0 Å². The third-order valence-corrected chi connectivity index (χ3v) is 6.07. The van der Waals surface area contributed by atoms with Crippen LogP contribution in [-0.2, 0) is 11.0 Å². The molecule has 1 aliphatic rings. The molecule has 174 valence electrons. The van der Waals surface area contributed by atoms with Crippen molar-refractivity contribution in [1.82, 2.24) is 4.98 Å². The number of carboxylic acid groups (broad SMARTS) is 1. The number of anilines is 1. The van der Waals surface area contributed by atoms with Crippen LogP contribution in [0.3, 0.4) is 0 Å². The van der Waals surface area contributed by atoms with Gasteiger partial charge >= 0.3 is 5.97 Å². The average Bonchev–Trinajstić information content (AvgIpc) is 2.83. The van der Waals surface area contributed by atoms with Crippen LogP contribution in [0.5, 0.6) is 0 Å². The molecule has 8 nitrogen and oxygen atoms in total. The Hall–Kier alpha value is -4.25. The first-order chi connectivity index (χ1) is 16.1. The highest BCUT2D eigenvalue weighted by Gasteiger charge is 2.32. The lowest BCUT2D eigenvalue weighted by molar-refractivity contribution is 0.0696. The topological polar surface area (TPSA) is 131 Å². The van der Waals surface area contributed by atoms with E-state index in [2.05, 4.69) is 4.98 Å². The molecule has 0 saturated carbocycles. The maximum absolute atomic E-state index is 13.3. The van der Waals surface area contributed by atoms with Gasteiger partial charge in [0.25, 0.3) is 0 Å². The lowest BCUT2D eigenvalue weighted by Crippen LogP contribution is -2.31. The first kappa shape index (κ1) is 24.4. The SMILES string of the molecule is CN1c2ccc(C(=O)O)cc2C(=O)/C(=C/c2ccc(F)c(F)c2)S1=O.NC(=O)c1ccncc1. The van der Waals surface area contributed by atoms with E-state index in [1.165, 1.54) is 54.1 Å². The van der Waals surface area contributed by atoms with Crippen LogP contribution in [-0.4, -0.2) is 39.0 Å². The Labute approximate surface area is 194 Å². The summed E-state index contributed by atoms with van der Waals surface area (Å²) in [5.41, 5.74) is 5.93. The second-order valence-electron chi connectivity index (χ2n) is 6.90. The first-order valence-electron chi connectivity index (χ1n) is 9.54. The number of carbonyl (C=O) groups excluding carboxylic acids is 2. The first-order valence-corrected chi connectivity index (χ1v) is 10.6. The summed E-state index contributed by atoms with van der Waals surface area (Å²) < 4.78 is 40.2. The van der Waals surface area contributed by atoms with Gasteiger partial charge in [-0.25, -0.2) is 17.8 Å². The second-order valence-corrected chi connectivity index (χ2v) is 8.38. The number of aromatic carboxylic acids is 1. The minimum Gasteiger partial charge on any atom is -0.478 e. The van der Waals surface area contributed by atoms with Crippen molar-refractivity contribution in [2.75, 3.05) is 11.4 Å². The van der Waals surface area contributed by atoms with Crippen LogP contribution in [0.2, 0.25) is 0 Å². The molecule has 0 bridgehead atoms. The molecule has 1 aliphatic heterocycles. The average molecular weight is 485 g/mol. The molecule has 1 unspecified atom stereocenters. The summed E-state index contributed by atoms with van der Waals surface area (Å²) in [6, 6.07) is 10.1. The van der Waals surface area contributed by atoms with Crippen molar-refractivity contribution in [3.8, 4) is 0 Å². The number of benzene rings is 2. The molecule has 11 heteroatoms. The molecule has 2 aromatic carbocycles. The smallest absolute Gasteiger partial charge is 0.335 e. The molecule has 0 aliphatic carbocycles. The maximum atomic E-state index is 13.3. The summed E-state index contributed by atoms with van der Waals surface area (Å²) in [5.74, 6) is -4.37. The van der Waals surface area contributed by atoms with E-state index >= 15 is 0 Å². The maximum Gasteiger partial charge on any atom is 0.335 e. The number of nitrogens with two attached hydrogens (primary N) is 1. The van der Waals surface area contributed by atoms with E-state index < -0.39 is 40.3 Å². The second kappa shape index (κ2) is 10.1. The number of carbonyl (C=O) groups is 3. The van der Waals surface area contributed by atoms with E-state index in [0.29, 0.717) is 11.3 Å². The number of hydrogen-bond donors (Lipinski definition) is 2. The molecule has 3 aromatic rings. The van der Waals surface area contributed by atoms with Gasteiger partial charge in [0.2, 0.25) is 11.7 Å². The van der Waals surface area contributed by atoms with Crippen LogP contribution in [0.15, 0.2) is 65.8 Å². The molecule has 3 N–H and O–H groups in total. The zero-order chi connectivity index (χ0) is 25.0. The number of fused-ring (bicyclic) bond motifs is 1. The Kier molecular flexibility index (Phi) is 7.27. The van der Waals surface area contributed by atoms with E-state index in [1.807, 2.05) is 0 Å². The Morgan fingerprint density at radius 1 is 1.03 bits per heavy atom. The van der Waals surface area contributed by atoms with Crippen molar-refractivity contribution in [3.05, 3.63) is 99.7 Å². The Bertz CT molecular complexity index is 1350. The van der Waals surface area contributed by atoms with Crippen LogP contribution in [0.25, 0.3) is 6.08 Å². The van der Waals surface area contributed by atoms with Crippen LogP contribution >= 0.6 is 0 Å². The van der Waals surface area contributed by atoms with Gasteiger partial charge in [0, 0.05) is 30.6 Å². The molecule has 0 spiro atoms. The summed E-state index contributed by atoms with van der Waals surface area (Å²) in [7, 11) is -0.376.